The van der Waals surface area contributed by atoms with Crippen LogP contribution in [0.15, 0.2) is 60.2 Å². The molecule has 2 unspecified atom stereocenters. The Balaban J connectivity index is 3.16. The predicted octanol–water partition coefficient (Wildman–Crippen LogP) is 5.03. The number of ketones is 1. The number of Topliss-reactive ketones (excluding diaryl/α,β-unsaturated/α-hetero) is 1. The predicted molar refractivity (Wildman–Crippen MR) is 135 cm³/mol. The molecule has 2 N–H and O–H groups in total. The molecule has 31 heavy (non-hydrogen) atoms. The number of benzene rings is 1. The summed E-state index contributed by atoms with van der Waals surface area (Å²) in [5, 5.41) is 6.45. The Labute approximate surface area is 192 Å². The third-order valence-electron chi connectivity index (χ3n) is 5.17. The van der Waals surface area contributed by atoms with E-state index in [1.165, 1.54) is 6.92 Å². The van der Waals surface area contributed by atoms with Gasteiger partial charge in [0.2, 0.25) is 0 Å². The Kier molecular flexibility index (Phi) is 12.9. The molecule has 0 aliphatic heterocycles. The lowest BCUT2D eigenvalue weighted by molar-refractivity contribution is -0.124. The fourth-order valence-electron chi connectivity index (χ4n) is 2.98. The summed E-state index contributed by atoms with van der Waals surface area (Å²) >= 11 is 1.67. The van der Waals surface area contributed by atoms with Crippen LogP contribution in [0.25, 0.3) is 6.08 Å². The summed E-state index contributed by atoms with van der Waals surface area (Å²) in [6.07, 6.45) is 9.43. The van der Waals surface area contributed by atoms with Crippen LogP contribution in [-0.4, -0.2) is 42.3 Å². The number of carbonyl (C=O) groups is 2. The highest BCUT2D eigenvalue weighted by Gasteiger charge is 2.19. The Morgan fingerprint density at radius 1 is 1.19 bits per heavy atom. The van der Waals surface area contributed by atoms with E-state index in [1.807, 2.05) is 55.7 Å². The minimum Gasteiger partial charge on any atom is -0.342 e. The van der Waals surface area contributed by atoms with E-state index in [0.29, 0.717) is 17.9 Å². The molecular formula is C26H38N2O2S. The first kappa shape index (κ1) is 26.9. The normalized spacial score (nSPS) is 14.8. The summed E-state index contributed by atoms with van der Waals surface area (Å²) in [5.41, 5.74) is 2.54. The molecule has 0 aliphatic carbocycles. The summed E-state index contributed by atoms with van der Waals surface area (Å²) in [6, 6.07) is 9.40. The van der Waals surface area contributed by atoms with E-state index in [0.717, 1.165) is 29.9 Å². The maximum Gasteiger partial charge on any atom is 0.251 e. The van der Waals surface area contributed by atoms with E-state index < -0.39 is 6.04 Å². The van der Waals surface area contributed by atoms with E-state index in [9.17, 15) is 9.59 Å². The zero-order valence-corrected chi connectivity index (χ0v) is 20.4. The van der Waals surface area contributed by atoms with Crippen LogP contribution < -0.4 is 10.6 Å². The van der Waals surface area contributed by atoms with Crippen molar-refractivity contribution in [2.24, 2.45) is 5.92 Å². The highest BCUT2D eigenvalue weighted by atomic mass is 32.2. The molecule has 0 fully saturated rings. The van der Waals surface area contributed by atoms with Gasteiger partial charge in [-0.25, -0.2) is 0 Å². The van der Waals surface area contributed by atoms with E-state index in [2.05, 4.69) is 37.1 Å². The van der Waals surface area contributed by atoms with Crippen molar-refractivity contribution < 1.29 is 9.59 Å². The quantitative estimate of drug-likeness (QED) is 0.241. The molecule has 0 aliphatic rings. The molecule has 1 amide bonds. The summed E-state index contributed by atoms with van der Waals surface area (Å²) in [5.74, 6) is 0.970. The number of rotatable bonds is 14. The summed E-state index contributed by atoms with van der Waals surface area (Å²) in [4.78, 5) is 25.1. The van der Waals surface area contributed by atoms with Crippen molar-refractivity contribution in [1.82, 2.24) is 10.6 Å². The molecule has 4 nitrogen and oxygen atoms in total. The SMILES string of the molecule is C=C(C)CN[C@H](/C=C/C(=C/c1ccccc1)C(=O)NC(CCSC)C(C)=O)C(C)CC. The van der Waals surface area contributed by atoms with Gasteiger partial charge < -0.3 is 10.6 Å². The maximum absolute atomic E-state index is 13.1. The Morgan fingerprint density at radius 2 is 1.87 bits per heavy atom. The van der Waals surface area contributed by atoms with Crippen LogP contribution in [0, 0.1) is 5.92 Å². The first-order valence-corrected chi connectivity index (χ1v) is 12.3. The van der Waals surface area contributed by atoms with Gasteiger partial charge >= 0.3 is 0 Å². The summed E-state index contributed by atoms with van der Waals surface area (Å²) in [7, 11) is 0. The minimum absolute atomic E-state index is 0.0222. The van der Waals surface area contributed by atoms with E-state index >= 15 is 0 Å². The molecule has 0 radical (unpaired) electrons. The van der Waals surface area contributed by atoms with Gasteiger partial charge in [0.05, 0.1) is 6.04 Å². The second-order valence-corrected chi connectivity index (χ2v) is 9.02. The van der Waals surface area contributed by atoms with Gasteiger partial charge in [0.15, 0.2) is 5.78 Å². The van der Waals surface area contributed by atoms with Gasteiger partial charge in [-0.15, -0.1) is 0 Å². The molecule has 1 aromatic carbocycles. The fourth-order valence-corrected chi connectivity index (χ4v) is 3.46. The Morgan fingerprint density at radius 3 is 2.42 bits per heavy atom. The third-order valence-corrected chi connectivity index (χ3v) is 5.81. The number of thioether (sulfide) groups is 1. The zero-order chi connectivity index (χ0) is 23.2. The highest BCUT2D eigenvalue weighted by molar-refractivity contribution is 7.98. The first-order valence-electron chi connectivity index (χ1n) is 10.9. The molecule has 170 valence electrons. The Bertz CT molecular complexity index is 771. The van der Waals surface area contributed by atoms with Crippen LogP contribution >= 0.6 is 11.8 Å². The average molecular weight is 443 g/mol. The van der Waals surface area contributed by atoms with Gasteiger partial charge in [-0.3, -0.25) is 9.59 Å². The molecule has 5 heteroatoms. The average Bonchev–Trinajstić information content (AvgIpc) is 2.75. The molecule has 0 saturated carbocycles. The Hall–Kier alpha value is -2.11. The molecular weight excluding hydrogens is 404 g/mol. The molecule has 1 rings (SSSR count). The molecule has 0 bridgehead atoms. The molecule has 0 saturated heterocycles. The molecule has 1 aromatic rings. The van der Waals surface area contributed by atoms with Crippen molar-refractivity contribution in [3.63, 3.8) is 0 Å². The van der Waals surface area contributed by atoms with Crippen molar-refractivity contribution in [3.05, 3.63) is 65.8 Å². The highest BCUT2D eigenvalue weighted by Crippen LogP contribution is 2.14. The largest absolute Gasteiger partial charge is 0.342 e. The molecule has 0 aromatic heterocycles. The van der Waals surface area contributed by atoms with Crippen molar-refractivity contribution in [2.45, 2.75) is 52.6 Å². The lowest BCUT2D eigenvalue weighted by Crippen LogP contribution is -2.40. The van der Waals surface area contributed by atoms with Crippen LogP contribution in [0.2, 0.25) is 0 Å². The smallest absolute Gasteiger partial charge is 0.251 e. The van der Waals surface area contributed by atoms with Crippen LogP contribution in [0.3, 0.4) is 0 Å². The van der Waals surface area contributed by atoms with Crippen LogP contribution in [0.1, 0.15) is 46.1 Å². The minimum atomic E-state index is -0.473. The van der Waals surface area contributed by atoms with E-state index in [1.54, 1.807) is 11.8 Å². The van der Waals surface area contributed by atoms with Gasteiger partial charge in [-0.1, -0.05) is 74.9 Å². The zero-order valence-electron chi connectivity index (χ0n) is 19.6. The standard InChI is InChI=1S/C26H38N2O2S/c1-7-20(4)24(27-18-19(2)3)14-13-23(17-22-11-9-8-10-12-22)26(30)28-25(21(5)29)15-16-31-6/h8-14,17,20,24-25,27H,2,7,15-16,18H2,1,3-6H3,(H,28,30)/b14-13+,23-17-/t20?,24-,25?/m1/s1. The van der Waals surface area contributed by atoms with Crippen molar-refractivity contribution in [2.75, 3.05) is 18.6 Å². The number of hydrogen-bond acceptors (Lipinski definition) is 4. The van der Waals surface area contributed by atoms with Gasteiger partial charge in [0, 0.05) is 18.2 Å². The van der Waals surface area contributed by atoms with Gasteiger partial charge in [0.25, 0.3) is 5.91 Å². The lowest BCUT2D eigenvalue weighted by atomic mass is 9.97. The lowest BCUT2D eigenvalue weighted by Gasteiger charge is -2.22. The van der Waals surface area contributed by atoms with Gasteiger partial charge in [-0.05, 0) is 49.8 Å². The fraction of sp³-hybridized carbons (Fsp3) is 0.462. The number of carbonyl (C=O) groups excluding carboxylic acids is 2. The maximum atomic E-state index is 13.1. The van der Waals surface area contributed by atoms with Gasteiger partial charge in [-0.2, -0.15) is 11.8 Å². The second kappa shape index (κ2) is 14.8. The van der Waals surface area contributed by atoms with Crippen molar-refractivity contribution >= 4 is 29.5 Å². The number of nitrogens with one attached hydrogen (secondary N) is 2. The number of amides is 1. The summed E-state index contributed by atoms with van der Waals surface area (Å²) in [6.45, 7) is 12.6. The first-order chi connectivity index (χ1) is 14.8. The molecule has 3 atom stereocenters. The molecule has 0 heterocycles. The van der Waals surface area contributed by atoms with Crippen LogP contribution in [0.4, 0.5) is 0 Å². The molecule has 0 spiro atoms. The third kappa shape index (κ3) is 10.7. The number of hydrogen-bond donors (Lipinski definition) is 2. The summed E-state index contributed by atoms with van der Waals surface area (Å²) < 4.78 is 0. The van der Waals surface area contributed by atoms with Crippen molar-refractivity contribution in [1.29, 1.82) is 0 Å². The van der Waals surface area contributed by atoms with E-state index in [-0.39, 0.29) is 17.7 Å². The van der Waals surface area contributed by atoms with E-state index in [4.69, 9.17) is 0 Å². The van der Waals surface area contributed by atoms with Crippen LogP contribution in [-0.2, 0) is 9.59 Å². The van der Waals surface area contributed by atoms with Gasteiger partial charge in [0.1, 0.15) is 0 Å². The van der Waals surface area contributed by atoms with Crippen molar-refractivity contribution in [3.8, 4) is 0 Å². The monoisotopic (exact) mass is 442 g/mol. The topological polar surface area (TPSA) is 58.2 Å². The van der Waals surface area contributed by atoms with Crippen LogP contribution in [0.5, 0.6) is 0 Å². The second-order valence-electron chi connectivity index (χ2n) is 8.04.